The molecule has 0 amide bonds. The van der Waals surface area contributed by atoms with Crippen LogP contribution in [0.1, 0.15) is 24.8 Å². The van der Waals surface area contributed by atoms with E-state index in [-0.39, 0.29) is 30.3 Å². The van der Waals surface area contributed by atoms with Crippen molar-refractivity contribution in [3.05, 3.63) is 64.8 Å². The molecule has 4 heterocycles. The van der Waals surface area contributed by atoms with Crippen LogP contribution in [-0.2, 0) is 26.6 Å². The van der Waals surface area contributed by atoms with Gasteiger partial charge in [-0.1, -0.05) is 30.3 Å². The summed E-state index contributed by atoms with van der Waals surface area (Å²) in [6.07, 6.45) is 5.35. The maximum atomic E-state index is 13.0. The zero-order valence-electron chi connectivity index (χ0n) is 22.1. The molecule has 0 spiro atoms. The first-order chi connectivity index (χ1) is 19.0. The highest BCUT2D eigenvalue weighted by Gasteiger charge is 2.25. The van der Waals surface area contributed by atoms with E-state index in [9.17, 15) is 21.6 Å². The predicted octanol–water partition coefficient (Wildman–Crippen LogP) is 1.46. The Morgan fingerprint density at radius 2 is 1.77 bits per heavy atom. The standard InChI is InChI=1S/C25H30N8O5S2/c1-18-15-20-16-26-25(28-21-9-12-31(13-10-21)39(2,35)36)29-23(20)32(24(18)34)11-6-14-40(37,38)33-17-27-22(30-33)19-7-4-3-5-8-19/h3-5,7-8,15-17,21H,6,9-14H2,1-2H3,(H,26,28,29). The third-order valence-electron chi connectivity index (χ3n) is 6.84. The summed E-state index contributed by atoms with van der Waals surface area (Å²) in [4.78, 5) is 26.1. The summed E-state index contributed by atoms with van der Waals surface area (Å²) in [5, 5.41) is 8.03. The lowest BCUT2D eigenvalue weighted by molar-refractivity contribution is 0.331. The quantitative estimate of drug-likeness (QED) is 0.304. The molecule has 1 aliphatic heterocycles. The van der Waals surface area contributed by atoms with Gasteiger partial charge in [-0.05, 0) is 32.3 Å². The van der Waals surface area contributed by atoms with Crippen molar-refractivity contribution in [2.24, 2.45) is 0 Å². The summed E-state index contributed by atoms with van der Waals surface area (Å²) in [6, 6.07) is 10.8. The van der Waals surface area contributed by atoms with Crippen molar-refractivity contribution in [2.75, 3.05) is 30.4 Å². The van der Waals surface area contributed by atoms with E-state index in [4.69, 9.17) is 0 Å². The molecule has 0 radical (unpaired) electrons. The molecule has 1 fully saturated rings. The Kier molecular flexibility index (Phi) is 7.70. The fraction of sp³-hybridized carbons (Fsp3) is 0.400. The van der Waals surface area contributed by atoms with Crippen LogP contribution in [0.5, 0.6) is 0 Å². The van der Waals surface area contributed by atoms with E-state index in [0.29, 0.717) is 59.9 Å². The highest BCUT2D eigenvalue weighted by atomic mass is 32.2. The molecule has 0 unspecified atom stereocenters. The summed E-state index contributed by atoms with van der Waals surface area (Å²) < 4.78 is 53.2. The van der Waals surface area contributed by atoms with Crippen LogP contribution in [0.3, 0.4) is 0 Å². The third-order valence-corrected chi connectivity index (χ3v) is 9.69. The van der Waals surface area contributed by atoms with Gasteiger partial charge in [0.2, 0.25) is 16.0 Å². The molecule has 212 valence electrons. The zero-order chi connectivity index (χ0) is 28.5. The molecule has 1 aromatic carbocycles. The SMILES string of the molecule is Cc1cc2cnc(NC3CCN(S(C)(=O)=O)CC3)nc2n(CCCS(=O)(=O)n2cnc(-c3ccccc3)n2)c1=O. The van der Waals surface area contributed by atoms with Crippen LogP contribution < -0.4 is 10.9 Å². The maximum Gasteiger partial charge on any atom is 0.255 e. The molecule has 4 aromatic rings. The third kappa shape index (κ3) is 6.05. The van der Waals surface area contributed by atoms with Gasteiger partial charge >= 0.3 is 0 Å². The topological polar surface area (TPSA) is 162 Å². The number of nitrogens with zero attached hydrogens (tertiary/aromatic N) is 7. The molecular formula is C25H30N8O5S2. The Morgan fingerprint density at radius 1 is 1.05 bits per heavy atom. The number of benzene rings is 1. The second kappa shape index (κ2) is 11.1. The van der Waals surface area contributed by atoms with E-state index in [1.54, 1.807) is 31.3 Å². The first-order valence-corrected chi connectivity index (χ1v) is 16.3. The van der Waals surface area contributed by atoms with Gasteiger partial charge in [0.15, 0.2) is 5.82 Å². The van der Waals surface area contributed by atoms with Crippen molar-refractivity contribution in [2.45, 2.75) is 38.8 Å². The van der Waals surface area contributed by atoms with Gasteiger partial charge in [-0.3, -0.25) is 9.36 Å². The number of aromatic nitrogens is 6. The number of hydrogen-bond acceptors (Lipinski definition) is 10. The smallest absolute Gasteiger partial charge is 0.255 e. The Morgan fingerprint density at radius 3 is 2.48 bits per heavy atom. The first-order valence-electron chi connectivity index (χ1n) is 12.8. The Balaban J connectivity index is 1.30. The van der Waals surface area contributed by atoms with Gasteiger partial charge in [-0.25, -0.2) is 31.1 Å². The number of aryl methyl sites for hydroxylation is 2. The Labute approximate surface area is 232 Å². The minimum absolute atomic E-state index is 0.0188. The van der Waals surface area contributed by atoms with Crippen molar-refractivity contribution < 1.29 is 16.8 Å². The van der Waals surface area contributed by atoms with Gasteiger partial charge in [-0.15, -0.1) is 9.19 Å². The van der Waals surface area contributed by atoms with Gasteiger partial charge in [0.25, 0.3) is 15.6 Å². The number of nitrogens with one attached hydrogen (secondary N) is 1. The lowest BCUT2D eigenvalue weighted by atomic mass is 10.1. The molecule has 1 saturated heterocycles. The highest BCUT2D eigenvalue weighted by molar-refractivity contribution is 7.89. The number of rotatable bonds is 9. The Bertz CT molecular complexity index is 1800. The second-order valence-electron chi connectivity index (χ2n) is 9.81. The van der Waals surface area contributed by atoms with Crippen molar-refractivity contribution in [3.63, 3.8) is 0 Å². The summed E-state index contributed by atoms with van der Waals surface area (Å²) in [5.74, 6) is 0.386. The lowest BCUT2D eigenvalue weighted by Crippen LogP contribution is -2.42. The van der Waals surface area contributed by atoms with Crippen LogP contribution in [0.2, 0.25) is 0 Å². The van der Waals surface area contributed by atoms with E-state index >= 15 is 0 Å². The first kappa shape index (κ1) is 27.9. The molecule has 3 aromatic heterocycles. The predicted molar refractivity (Wildman–Crippen MR) is 151 cm³/mol. The summed E-state index contributed by atoms with van der Waals surface area (Å²) in [5.41, 5.74) is 1.34. The van der Waals surface area contributed by atoms with Gasteiger partial charge in [0, 0.05) is 48.4 Å². The molecule has 1 N–H and O–H groups in total. The van der Waals surface area contributed by atoms with Crippen molar-refractivity contribution >= 4 is 37.0 Å². The summed E-state index contributed by atoms with van der Waals surface area (Å²) in [6.45, 7) is 2.62. The fourth-order valence-corrected chi connectivity index (χ4v) is 6.64. The fourth-order valence-electron chi connectivity index (χ4n) is 4.70. The summed E-state index contributed by atoms with van der Waals surface area (Å²) >= 11 is 0. The number of pyridine rings is 1. The van der Waals surface area contributed by atoms with Crippen molar-refractivity contribution in [1.29, 1.82) is 0 Å². The molecular weight excluding hydrogens is 556 g/mol. The van der Waals surface area contributed by atoms with Gasteiger partial charge < -0.3 is 5.32 Å². The van der Waals surface area contributed by atoms with Crippen molar-refractivity contribution in [1.82, 2.24) is 33.0 Å². The average Bonchev–Trinajstić information content (AvgIpc) is 3.43. The number of piperidine rings is 1. The molecule has 13 nitrogen and oxygen atoms in total. The Hall–Kier alpha value is -3.69. The lowest BCUT2D eigenvalue weighted by Gasteiger charge is -2.30. The number of sulfonamides is 1. The molecule has 0 saturated carbocycles. The van der Waals surface area contributed by atoms with Crippen LogP contribution >= 0.6 is 0 Å². The van der Waals surface area contributed by atoms with Crippen LogP contribution in [0.4, 0.5) is 5.95 Å². The van der Waals surface area contributed by atoms with E-state index < -0.39 is 20.0 Å². The molecule has 1 aliphatic rings. The summed E-state index contributed by atoms with van der Waals surface area (Å²) in [7, 11) is -7.03. The monoisotopic (exact) mass is 586 g/mol. The molecule has 15 heteroatoms. The van der Waals surface area contributed by atoms with Crippen LogP contribution in [-0.4, -0.2) is 81.0 Å². The normalized spacial score (nSPS) is 15.4. The molecule has 5 rings (SSSR count). The van der Waals surface area contributed by atoms with E-state index in [1.165, 1.54) is 21.5 Å². The van der Waals surface area contributed by atoms with Crippen LogP contribution in [0.15, 0.2) is 53.7 Å². The van der Waals surface area contributed by atoms with Gasteiger partial charge in [0.05, 0.1) is 12.0 Å². The van der Waals surface area contributed by atoms with E-state index in [2.05, 4.69) is 25.4 Å². The average molecular weight is 587 g/mol. The molecule has 40 heavy (non-hydrogen) atoms. The number of anilines is 1. The van der Waals surface area contributed by atoms with Crippen molar-refractivity contribution in [3.8, 4) is 11.4 Å². The van der Waals surface area contributed by atoms with Crippen LogP contribution in [0.25, 0.3) is 22.4 Å². The molecule has 0 aliphatic carbocycles. The largest absolute Gasteiger partial charge is 0.351 e. The number of fused-ring (bicyclic) bond motifs is 1. The van der Waals surface area contributed by atoms with Crippen LogP contribution in [0, 0.1) is 6.92 Å². The van der Waals surface area contributed by atoms with Gasteiger partial charge in [0.1, 0.15) is 12.0 Å². The minimum atomic E-state index is -3.80. The second-order valence-corrected chi connectivity index (χ2v) is 13.7. The highest BCUT2D eigenvalue weighted by Crippen LogP contribution is 2.19. The minimum Gasteiger partial charge on any atom is -0.351 e. The molecule has 0 bridgehead atoms. The van der Waals surface area contributed by atoms with Gasteiger partial charge in [-0.2, -0.15) is 4.98 Å². The van der Waals surface area contributed by atoms with E-state index in [1.807, 2.05) is 18.2 Å². The molecule has 0 atom stereocenters. The zero-order valence-corrected chi connectivity index (χ0v) is 23.8. The maximum absolute atomic E-state index is 13.0. The number of hydrogen-bond donors (Lipinski definition) is 1. The van der Waals surface area contributed by atoms with E-state index in [0.717, 1.165) is 4.09 Å².